The lowest BCUT2D eigenvalue weighted by Gasteiger charge is -2.11. The minimum Gasteiger partial charge on any atom is -0.406 e. The number of halogens is 3. The molecule has 0 amide bonds. The van der Waals surface area contributed by atoms with E-state index in [-0.39, 0.29) is 21.2 Å². The second-order valence-electron chi connectivity index (χ2n) is 7.03. The molecule has 8 nitrogen and oxygen atoms in total. The van der Waals surface area contributed by atoms with E-state index in [1.54, 1.807) is 6.07 Å². The number of rotatable bonds is 8. The summed E-state index contributed by atoms with van der Waals surface area (Å²) in [6, 6.07) is 13.2. The molecule has 1 heterocycles. The van der Waals surface area contributed by atoms with Gasteiger partial charge >= 0.3 is 6.36 Å². The fourth-order valence-electron chi connectivity index (χ4n) is 2.92. The van der Waals surface area contributed by atoms with Gasteiger partial charge in [0.2, 0.25) is 9.84 Å². The van der Waals surface area contributed by atoms with Crippen LogP contribution in [-0.2, 0) is 26.9 Å². The number of ketones is 1. The smallest absolute Gasteiger partial charge is 0.406 e. The first-order chi connectivity index (χ1) is 15.8. The number of ether oxygens (including phenoxy) is 1. The van der Waals surface area contributed by atoms with Crippen molar-refractivity contribution in [2.24, 2.45) is 7.05 Å². The van der Waals surface area contributed by atoms with Gasteiger partial charge in [-0.1, -0.05) is 0 Å². The van der Waals surface area contributed by atoms with Crippen molar-refractivity contribution in [3.8, 4) is 5.75 Å². The Hall–Kier alpha value is -3.45. The number of sulfonamides is 1. The SMILES string of the molecule is C[n+]1ccccc1S(=O)(=O)CC(=O)c1ccc(NS(=O)(=O)c2ccc(OC(F)(F)F)cc2)cc1. The quantitative estimate of drug-likeness (QED) is 0.365. The number of alkyl halides is 3. The number of Topliss-reactive ketones (excluding diaryl/α,β-unsaturated/α-hetero) is 1. The Morgan fingerprint density at radius 3 is 2.12 bits per heavy atom. The van der Waals surface area contributed by atoms with Crippen molar-refractivity contribution in [3.63, 3.8) is 0 Å². The van der Waals surface area contributed by atoms with Crippen LogP contribution in [0.15, 0.2) is 82.8 Å². The summed E-state index contributed by atoms with van der Waals surface area (Å²) >= 11 is 0. The summed E-state index contributed by atoms with van der Waals surface area (Å²) in [5, 5.41) is -0.0283. The average Bonchev–Trinajstić information content (AvgIpc) is 2.73. The fourth-order valence-corrected chi connectivity index (χ4v) is 5.42. The van der Waals surface area contributed by atoms with E-state index in [1.807, 2.05) is 0 Å². The number of anilines is 1. The maximum absolute atomic E-state index is 12.5. The maximum Gasteiger partial charge on any atom is 0.573 e. The minimum absolute atomic E-state index is 0.0283. The van der Waals surface area contributed by atoms with Gasteiger partial charge in [0.05, 0.1) is 4.90 Å². The average molecular weight is 516 g/mol. The third-order valence-corrected chi connectivity index (χ3v) is 7.57. The molecular formula is C21H18F3N2O6S2+. The van der Waals surface area contributed by atoms with Gasteiger partial charge in [0, 0.05) is 23.4 Å². The van der Waals surface area contributed by atoms with Crippen LogP contribution in [0.25, 0.3) is 0 Å². The van der Waals surface area contributed by atoms with E-state index in [2.05, 4.69) is 9.46 Å². The zero-order valence-electron chi connectivity index (χ0n) is 17.5. The Balaban J connectivity index is 1.70. The van der Waals surface area contributed by atoms with Crippen LogP contribution in [0.3, 0.4) is 0 Å². The molecule has 0 bridgehead atoms. The van der Waals surface area contributed by atoms with Crippen molar-refractivity contribution in [2.45, 2.75) is 16.3 Å². The molecule has 1 aromatic heterocycles. The lowest BCUT2D eigenvalue weighted by atomic mass is 10.1. The molecule has 3 rings (SSSR count). The number of carbonyl (C=O) groups is 1. The summed E-state index contributed by atoms with van der Waals surface area (Å²) < 4.78 is 94.0. The highest BCUT2D eigenvalue weighted by Gasteiger charge is 2.31. The van der Waals surface area contributed by atoms with Crippen LogP contribution in [0, 0.1) is 0 Å². The molecule has 0 aliphatic heterocycles. The number of aryl methyl sites for hydroxylation is 1. The summed E-state index contributed by atoms with van der Waals surface area (Å²) in [4.78, 5) is 12.2. The molecule has 0 saturated carbocycles. The summed E-state index contributed by atoms with van der Waals surface area (Å²) in [6.07, 6.45) is -3.37. The second-order valence-corrected chi connectivity index (χ2v) is 10.7. The minimum atomic E-state index is -4.91. The Morgan fingerprint density at radius 2 is 1.56 bits per heavy atom. The second kappa shape index (κ2) is 9.43. The molecule has 0 unspecified atom stereocenters. The Bertz CT molecular complexity index is 1400. The molecule has 1 N–H and O–H groups in total. The topological polar surface area (TPSA) is 110 Å². The molecule has 3 aromatic rings. The Morgan fingerprint density at radius 1 is 0.941 bits per heavy atom. The molecule has 0 aliphatic rings. The van der Waals surface area contributed by atoms with E-state index in [4.69, 9.17) is 0 Å². The number of nitrogens with zero attached hydrogens (tertiary/aromatic N) is 1. The summed E-state index contributed by atoms with van der Waals surface area (Å²) in [5.74, 6) is -2.03. The molecule has 0 spiro atoms. The van der Waals surface area contributed by atoms with Crippen LogP contribution in [0.2, 0.25) is 0 Å². The number of aromatic nitrogens is 1. The predicted octanol–water partition coefficient (Wildman–Crippen LogP) is 2.87. The van der Waals surface area contributed by atoms with Gasteiger partial charge < -0.3 is 4.74 Å². The number of sulfone groups is 1. The fraction of sp³-hybridized carbons (Fsp3) is 0.143. The van der Waals surface area contributed by atoms with Gasteiger partial charge in [-0.15, -0.1) is 13.2 Å². The number of benzene rings is 2. The Kier molecular flexibility index (Phi) is 6.98. The van der Waals surface area contributed by atoms with E-state index < -0.39 is 43.5 Å². The normalized spacial score (nSPS) is 12.2. The van der Waals surface area contributed by atoms with Crippen LogP contribution in [-0.4, -0.2) is 34.7 Å². The van der Waals surface area contributed by atoms with E-state index in [0.717, 1.165) is 24.3 Å². The van der Waals surface area contributed by atoms with Crippen molar-refractivity contribution in [3.05, 3.63) is 78.5 Å². The zero-order chi connectivity index (χ0) is 25.1. The number of carbonyl (C=O) groups excluding carboxylic acids is 1. The lowest BCUT2D eigenvalue weighted by molar-refractivity contribution is -0.709. The highest BCUT2D eigenvalue weighted by atomic mass is 32.2. The standard InChI is InChI=1S/C21H17F3N2O6S2/c1-26-13-3-2-4-20(26)33(28,29)14-19(27)15-5-7-16(8-6-15)25-34(30,31)18-11-9-17(10-12-18)32-21(22,23)24/h2-13H,14H2,1H3/p+1. The number of hydrogen-bond donors (Lipinski definition) is 1. The first-order valence-electron chi connectivity index (χ1n) is 9.46. The van der Waals surface area contributed by atoms with E-state index in [9.17, 15) is 34.8 Å². The number of hydrogen-bond acceptors (Lipinski definition) is 6. The molecule has 2 aromatic carbocycles. The molecule has 0 radical (unpaired) electrons. The van der Waals surface area contributed by atoms with Gasteiger partial charge in [0.1, 0.15) is 18.6 Å². The summed E-state index contributed by atoms with van der Waals surface area (Å²) in [6.45, 7) is 0. The largest absolute Gasteiger partial charge is 0.573 e. The third-order valence-electron chi connectivity index (χ3n) is 4.47. The third kappa shape index (κ3) is 6.32. The van der Waals surface area contributed by atoms with Gasteiger partial charge in [-0.2, -0.15) is 4.57 Å². The van der Waals surface area contributed by atoms with Gasteiger partial charge in [-0.25, -0.2) is 16.8 Å². The predicted molar refractivity (Wildman–Crippen MR) is 114 cm³/mol. The van der Waals surface area contributed by atoms with Crippen LogP contribution in [0.5, 0.6) is 5.75 Å². The molecular weight excluding hydrogens is 497 g/mol. The van der Waals surface area contributed by atoms with Crippen molar-refractivity contribution >= 4 is 31.3 Å². The molecule has 0 atom stereocenters. The summed E-state index contributed by atoms with van der Waals surface area (Å²) in [5.41, 5.74) is 0.114. The first-order valence-corrected chi connectivity index (χ1v) is 12.6. The highest BCUT2D eigenvalue weighted by Crippen LogP contribution is 2.25. The number of nitrogens with one attached hydrogen (secondary N) is 1. The highest BCUT2D eigenvalue weighted by molar-refractivity contribution is 7.92. The monoisotopic (exact) mass is 515 g/mol. The van der Waals surface area contributed by atoms with Crippen molar-refractivity contribution in [1.29, 1.82) is 0 Å². The molecule has 180 valence electrons. The maximum atomic E-state index is 12.5. The van der Waals surface area contributed by atoms with Crippen LogP contribution in [0.4, 0.5) is 18.9 Å². The molecule has 13 heteroatoms. The van der Waals surface area contributed by atoms with Gasteiger partial charge in [0.25, 0.3) is 15.0 Å². The first kappa shape index (κ1) is 25.2. The van der Waals surface area contributed by atoms with Gasteiger partial charge in [-0.3, -0.25) is 9.52 Å². The van der Waals surface area contributed by atoms with E-state index >= 15 is 0 Å². The Labute approximate surface area is 193 Å². The van der Waals surface area contributed by atoms with Gasteiger partial charge in [-0.05, 0) is 54.6 Å². The van der Waals surface area contributed by atoms with E-state index in [0.29, 0.717) is 0 Å². The van der Waals surface area contributed by atoms with Crippen LogP contribution in [0.1, 0.15) is 10.4 Å². The van der Waals surface area contributed by atoms with Crippen molar-refractivity contribution in [2.75, 3.05) is 10.5 Å². The molecule has 0 saturated heterocycles. The molecule has 0 fully saturated rings. The van der Waals surface area contributed by atoms with E-state index in [1.165, 1.54) is 54.2 Å². The molecule has 34 heavy (non-hydrogen) atoms. The zero-order valence-corrected chi connectivity index (χ0v) is 19.1. The van der Waals surface area contributed by atoms with Crippen molar-refractivity contribution < 1.29 is 44.1 Å². The lowest BCUT2D eigenvalue weighted by Crippen LogP contribution is -2.36. The van der Waals surface area contributed by atoms with Crippen molar-refractivity contribution in [1.82, 2.24) is 0 Å². The van der Waals surface area contributed by atoms with Gasteiger partial charge in [0.15, 0.2) is 12.0 Å². The van der Waals surface area contributed by atoms with Crippen LogP contribution >= 0.6 is 0 Å². The van der Waals surface area contributed by atoms with Crippen LogP contribution < -0.4 is 14.0 Å². The number of pyridine rings is 1. The summed E-state index contributed by atoms with van der Waals surface area (Å²) in [7, 11) is -6.52. The molecule has 0 aliphatic carbocycles.